The van der Waals surface area contributed by atoms with Crippen LogP contribution < -0.4 is 11.1 Å². The molecule has 0 bridgehead atoms. The third-order valence-electron chi connectivity index (χ3n) is 3.21. The van der Waals surface area contributed by atoms with Crippen molar-refractivity contribution in [3.63, 3.8) is 0 Å². The first-order chi connectivity index (χ1) is 11.9. The Morgan fingerprint density at radius 1 is 1.28 bits per heavy atom. The summed E-state index contributed by atoms with van der Waals surface area (Å²) in [6.45, 7) is 1.45. The van der Waals surface area contributed by atoms with Crippen molar-refractivity contribution in [3.8, 4) is 0 Å². The number of hydrogen-bond donors (Lipinski definition) is 2. The highest BCUT2D eigenvalue weighted by molar-refractivity contribution is 6.31. The number of amides is 1. The maximum absolute atomic E-state index is 13.1. The van der Waals surface area contributed by atoms with Gasteiger partial charge in [-0.15, -0.1) is 0 Å². The summed E-state index contributed by atoms with van der Waals surface area (Å²) >= 11 is 6.02. The van der Waals surface area contributed by atoms with Crippen LogP contribution in [-0.4, -0.2) is 17.8 Å². The lowest BCUT2D eigenvalue weighted by atomic mass is 10.1. The Morgan fingerprint density at radius 2 is 2.00 bits per heavy atom. The molecule has 25 heavy (non-hydrogen) atoms. The van der Waals surface area contributed by atoms with Gasteiger partial charge in [0.25, 0.3) is 5.91 Å². The van der Waals surface area contributed by atoms with Gasteiger partial charge in [-0.25, -0.2) is 8.78 Å². The highest BCUT2D eigenvalue weighted by Gasteiger charge is 2.15. The summed E-state index contributed by atoms with van der Waals surface area (Å²) in [6, 6.07) is 10.1. The van der Waals surface area contributed by atoms with Gasteiger partial charge < -0.3 is 15.9 Å². The standard InChI is InChI=1S/C17H16ClF2N3O2/c1-10(17(24)22-12-6-7-14(19)15(20)9-12)25-23-16(21)8-11-4-2-3-5-13(11)18/h2-7,9-10H,8H2,1H3,(H2,21,23)(H,22,24). The van der Waals surface area contributed by atoms with Crippen molar-refractivity contribution in [2.24, 2.45) is 10.9 Å². The molecule has 0 aromatic heterocycles. The van der Waals surface area contributed by atoms with Gasteiger partial charge in [-0.3, -0.25) is 4.79 Å². The molecule has 0 heterocycles. The van der Waals surface area contributed by atoms with Crippen molar-refractivity contribution in [1.82, 2.24) is 0 Å². The molecule has 8 heteroatoms. The van der Waals surface area contributed by atoms with Gasteiger partial charge in [0.2, 0.25) is 6.10 Å². The van der Waals surface area contributed by atoms with Crippen molar-refractivity contribution in [2.75, 3.05) is 5.32 Å². The molecular weight excluding hydrogens is 352 g/mol. The molecule has 0 radical (unpaired) electrons. The molecule has 0 fully saturated rings. The number of nitrogens with one attached hydrogen (secondary N) is 1. The van der Waals surface area contributed by atoms with Gasteiger partial charge in [-0.05, 0) is 30.7 Å². The van der Waals surface area contributed by atoms with Gasteiger partial charge in [-0.1, -0.05) is 35.0 Å². The predicted octanol–water partition coefficient (Wildman–Crippen LogP) is 3.48. The fourth-order valence-corrected chi connectivity index (χ4v) is 2.08. The Labute approximate surface area is 148 Å². The largest absolute Gasteiger partial charge is 0.384 e. The number of hydrogen-bond acceptors (Lipinski definition) is 3. The van der Waals surface area contributed by atoms with Crippen LogP contribution in [0.5, 0.6) is 0 Å². The van der Waals surface area contributed by atoms with Crippen molar-refractivity contribution in [2.45, 2.75) is 19.4 Å². The van der Waals surface area contributed by atoms with Crippen LogP contribution in [0.1, 0.15) is 12.5 Å². The van der Waals surface area contributed by atoms with E-state index in [1.54, 1.807) is 18.2 Å². The monoisotopic (exact) mass is 367 g/mol. The molecule has 0 saturated heterocycles. The van der Waals surface area contributed by atoms with E-state index in [-0.39, 0.29) is 17.9 Å². The van der Waals surface area contributed by atoms with Crippen LogP contribution in [0.25, 0.3) is 0 Å². The van der Waals surface area contributed by atoms with Gasteiger partial charge in [-0.2, -0.15) is 0 Å². The highest BCUT2D eigenvalue weighted by Crippen LogP contribution is 2.16. The zero-order valence-corrected chi connectivity index (χ0v) is 14.1. The second-order valence-corrected chi connectivity index (χ2v) is 5.62. The van der Waals surface area contributed by atoms with E-state index in [0.29, 0.717) is 5.02 Å². The number of nitrogens with two attached hydrogens (primary N) is 1. The molecule has 0 aliphatic rings. The van der Waals surface area contributed by atoms with Gasteiger partial charge in [0.05, 0.1) is 0 Å². The van der Waals surface area contributed by atoms with E-state index in [1.165, 1.54) is 13.0 Å². The molecule has 132 valence electrons. The van der Waals surface area contributed by atoms with E-state index < -0.39 is 23.6 Å². The maximum atomic E-state index is 13.1. The zero-order valence-electron chi connectivity index (χ0n) is 13.3. The first-order valence-electron chi connectivity index (χ1n) is 7.34. The van der Waals surface area contributed by atoms with E-state index in [1.807, 2.05) is 6.07 Å². The molecule has 0 spiro atoms. The number of carbonyl (C=O) groups excluding carboxylic acids is 1. The van der Waals surface area contributed by atoms with E-state index in [0.717, 1.165) is 17.7 Å². The molecule has 2 aromatic rings. The third kappa shape index (κ3) is 5.42. The fourth-order valence-electron chi connectivity index (χ4n) is 1.88. The smallest absolute Gasteiger partial charge is 0.267 e. The minimum atomic E-state index is -1.06. The van der Waals surface area contributed by atoms with Gasteiger partial charge in [0.1, 0.15) is 5.84 Å². The van der Waals surface area contributed by atoms with Crippen molar-refractivity contribution in [1.29, 1.82) is 0 Å². The van der Waals surface area contributed by atoms with E-state index in [4.69, 9.17) is 22.2 Å². The summed E-state index contributed by atoms with van der Waals surface area (Å²) < 4.78 is 26.0. The van der Waals surface area contributed by atoms with Crippen molar-refractivity contribution in [3.05, 3.63) is 64.7 Å². The number of oxime groups is 1. The maximum Gasteiger partial charge on any atom is 0.267 e. The van der Waals surface area contributed by atoms with E-state index in [2.05, 4.69) is 10.5 Å². The Morgan fingerprint density at radius 3 is 2.68 bits per heavy atom. The molecule has 2 aromatic carbocycles. The molecule has 5 nitrogen and oxygen atoms in total. The van der Waals surface area contributed by atoms with E-state index in [9.17, 15) is 13.6 Å². The average molecular weight is 368 g/mol. The summed E-state index contributed by atoms with van der Waals surface area (Å²) in [5.41, 5.74) is 6.63. The normalized spacial score (nSPS) is 12.6. The third-order valence-corrected chi connectivity index (χ3v) is 3.58. The van der Waals surface area contributed by atoms with Crippen LogP contribution in [0.2, 0.25) is 5.02 Å². The Hall–Kier alpha value is -2.67. The minimum absolute atomic E-state index is 0.104. The highest BCUT2D eigenvalue weighted by atomic mass is 35.5. The number of carbonyl (C=O) groups is 1. The topological polar surface area (TPSA) is 76.7 Å². The quantitative estimate of drug-likeness (QED) is 0.466. The Balaban J connectivity index is 1.91. The van der Waals surface area contributed by atoms with Gasteiger partial charge >= 0.3 is 0 Å². The number of nitrogens with zero attached hydrogens (tertiary/aromatic N) is 1. The first-order valence-corrected chi connectivity index (χ1v) is 7.72. The molecule has 1 atom stereocenters. The number of amidine groups is 1. The van der Waals surface area contributed by atoms with E-state index >= 15 is 0 Å². The number of rotatable bonds is 6. The summed E-state index contributed by atoms with van der Waals surface area (Å²) in [5, 5.41) is 6.63. The number of halogens is 3. The second kappa shape index (κ2) is 8.43. The SMILES string of the molecule is CC(ON=C(N)Cc1ccccc1Cl)C(=O)Nc1ccc(F)c(F)c1. The van der Waals surface area contributed by atoms with Crippen LogP contribution in [0.15, 0.2) is 47.6 Å². The second-order valence-electron chi connectivity index (χ2n) is 5.22. The predicted molar refractivity (Wildman–Crippen MR) is 92.3 cm³/mol. The summed E-state index contributed by atoms with van der Waals surface area (Å²) in [6.07, 6.45) is -0.727. The molecule has 1 amide bonds. The Bertz CT molecular complexity index is 799. The average Bonchev–Trinajstić information content (AvgIpc) is 2.58. The summed E-state index contributed by atoms with van der Waals surface area (Å²) in [7, 11) is 0. The molecule has 0 aliphatic heterocycles. The minimum Gasteiger partial charge on any atom is -0.384 e. The Kier molecular flexibility index (Phi) is 6.30. The molecular formula is C17H16ClF2N3O2. The molecule has 0 saturated carbocycles. The first kappa shape index (κ1) is 18.7. The number of benzene rings is 2. The molecule has 1 unspecified atom stereocenters. The van der Waals surface area contributed by atoms with Crippen LogP contribution >= 0.6 is 11.6 Å². The van der Waals surface area contributed by atoms with Crippen LogP contribution in [-0.2, 0) is 16.1 Å². The van der Waals surface area contributed by atoms with Gasteiger partial charge in [0, 0.05) is 23.2 Å². The lowest BCUT2D eigenvalue weighted by Gasteiger charge is -2.11. The van der Waals surface area contributed by atoms with Crippen LogP contribution in [0, 0.1) is 11.6 Å². The van der Waals surface area contributed by atoms with Crippen molar-refractivity contribution < 1.29 is 18.4 Å². The lowest BCUT2D eigenvalue weighted by Crippen LogP contribution is -2.27. The van der Waals surface area contributed by atoms with Crippen molar-refractivity contribution >= 4 is 29.0 Å². The molecule has 0 aliphatic carbocycles. The fraction of sp³-hybridized carbons (Fsp3) is 0.176. The van der Waals surface area contributed by atoms with Crippen LogP contribution in [0.4, 0.5) is 14.5 Å². The molecule has 2 rings (SSSR count). The number of anilines is 1. The summed E-state index contributed by atoms with van der Waals surface area (Å²) in [5.74, 6) is -2.51. The van der Waals surface area contributed by atoms with Crippen LogP contribution in [0.3, 0.4) is 0 Å². The van der Waals surface area contributed by atoms with Gasteiger partial charge in [0.15, 0.2) is 11.6 Å². The molecule has 3 N–H and O–H groups in total. The zero-order chi connectivity index (χ0) is 18.4. The summed E-state index contributed by atoms with van der Waals surface area (Å²) in [4.78, 5) is 17.0. The lowest BCUT2D eigenvalue weighted by molar-refractivity contribution is -0.126.